The van der Waals surface area contributed by atoms with Gasteiger partial charge in [-0.25, -0.2) is 0 Å². The minimum atomic E-state index is 0.373. The molecule has 0 bridgehead atoms. The molecule has 0 aromatic carbocycles. The van der Waals surface area contributed by atoms with Gasteiger partial charge in [0, 0.05) is 13.2 Å². The molecule has 1 aliphatic rings. The van der Waals surface area contributed by atoms with Crippen molar-refractivity contribution in [2.24, 2.45) is 5.92 Å². The van der Waals surface area contributed by atoms with Gasteiger partial charge in [-0.3, -0.25) is 0 Å². The Hall–Kier alpha value is -1.14. The number of nitrogens with zero attached hydrogens (tertiary/aromatic N) is 2. The van der Waals surface area contributed by atoms with Crippen LogP contribution in [0, 0.1) is 5.92 Å². The SMILES string of the molecule is COC1CC(Nc2nnc(CNCC(C)C)o2)C1. The highest BCUT2D eigenvalue weighted by Gasteiger charge is 2.29. The number of rotatable bonds is 7. The Kier molecular flexibility index (Phi) is 4.54. The van der Waals surface area contributed by atoms with Gasteiger partial charge < -0.3 is 19.8 Å². The molecule has 6 nitrogen and oxygen atoms in total. The second-order valence-electron chi connectivity index (χ2n) is 5.20. The summed E-state index contributed by atoms with van der Waals surface area (Å²) in [6.45, 7) is 5.90. The van der Waals surface area contributed by atoms with Gasteiger partial charge in [-0.1, -0.05) is 18.9 Å². The summed E-state index contributed by atoms with van der Waals surface area (Å²) in [5, 5.41) is 14.5. The van der Waals surface area contributed by atoms with Gasteiger partial charge in [0.05, 0.1) is 12.6 Å². The van der Waals surface area contributed by atoms with Gasteiger partial charge in [-0.2, -0.15) is 0 Å². The highest BCUT2D eigenvalue weighted by molar-refractivity contribution is 5.21. The molecule has 2 N–H and O–H groups in total. The van der Waals surface area contributed by atoms with Crippen LogP contribution in [-0.4, -0.2) is 36.0 Å². The Morgan fingerprint density at radius 3 is 2.83 bits per heavy atom. The van der Waals surface area contributed by atoms with E-state index in [1.54, 1.807) is 7.11 Å². The van der Waals surface area contributed by atoms with Gasteiger partial charge >= 0.3 is 6.01 Å². The van der Waals surface area contributed by atoms with E-state index in [1.807, 2.05) is 0 Å². The lowest BCUT2D eigenvalue weighted by molar-refractivity contribution is 0.0323. The second-order valence-corrected chi connectivity index (χ2v) is 5.20. The van der Waals surface area contributed by atoms with Crippen molar-refractivity contribution < 1.29 is 9.15 Å². The topological polar surface area (TPSA) is 72.2 Å². The highest BCUT2D eigenvalue weighted by Crippen LogP contribution is 2.25. The van der Waals surface area contributed by atoms with E-state index in [0.29, 0.717) is 36.5 Å². The summed E-state index contributed by atoms with van der Waals surface area (Å²) in [4.78, 5) is 0. The molecule has 0 spiro atoms. The molecular formula is C12H22N4O2. The Labute approximate surface area is 107 Å². The Morgan fingerprint density at radius 2 is 2.17 bits per heavy atom. The predicted octanol–water partition coefficient (Wildman–Crippen LogP) is 1.40. The van der Waals surface area contributed by atoms with Crippen LogP contribution in [0.1, 0.15) is 32.6 Å². The van der Waals surface area contributed by atoms with Gasteiger partial charge in [-0.15, -0.1) is 5.10 Å². The summed E-state index contributed by atoms with van der Waals surface area (Å²) in [7, 11) is 1.74. The van der Waals surface area contributed by atoms with Crippen molar-refractivity contribution >= 4 is 6.01 Å². The van der Waals surface area contributed by atoms with E-state index in [4.69, 9.17) is 9.15 Å². The van der Waals surface area contributed by atoms with Crippen molar-refractivity contribution in [2.45, 2.75) is 45.4 Å². The van der Waals surface area contributed by atoms with Crippen LogP contribution in [0.4, 0.5) is 6.01 Å². The highest BCUT2D eigenvalue weighted by atomic mass is 16.5. The van der Waals surface area contributed by atoms with E-state index in [0.717, 1.165) is 19.4 Å². The fraction of sp³-hybridized carbons (Fsp3) is 0.833. The average Bonchev–Trinajstić information content (AvgIpc) is 2.70. The third kappa shape index (κ3) is 3.68. The molecule has 102 valence electrons. The summed E-state index contributed by atoms with van der Waals surface area (Å²) >= 11 is 0. The van der Waals surface area contributed by atoms with E-state index >= 15 is 0 Å². The summed E-state index contributed by atoms with van der Waals surface area (Å²) in [5.41, 5.74) is 0. The Morgan fingerprint density at radius 1 is 1.39 bits per heavy atom. The minimum absolute atomic E-state index is 0.373. The lowest BCUT2D eigenvalue weighted by Crippen LogP contribution is -2.40. The molecule has 1 heterocycles. The quantitative estimate of drug-likeness (QED) is 0.766. The van der Waals surface area contributed by atoms with Crippen LogP contribution in [0.3, 0.4) is 0 Å². The van der Waals surface area contributed by atoms with E-state index < -0.39 is 0 Å². The molecular weight excluding hydrogens is 232 g/mol. The molecule has 6 heteroatoms. The van der Waals surface area contributed by atoms with Crippen molar-refractivity contribution in [3.63, 3.8) is 0 Å². The zero-order valence-electron chi connectivity index (χ0n) is 11.3. The van der Waals surface area contributed by atoms with Crippen LogP contribution in [0.5, 0.6) is 0 Å². The maximum Gasteiger partial charge on any atom is 0.315 e. The first-order chi connectivity index (χ1) is 8.67. The number of nitrogens with one attached hydrogen (secondary N) is 2. The lowest BCUT2D eigenvalue weighted by Gasteiger charge is -2.33. The molecule has 0 saturated heterocycles. The van der Waals surface area contributed by atoms with E-state index in [1.165, 1.54) is 0 Å². The van der Waals surface area contributed by atoms with E-state index in [9.17, 15) is 0 Å². The summed E-state index contributed by atoms with van der Waals surface area (Å²) < 4.78 is 10.7. The zero-order chi connectivity index (χ0) is 13.0. The van der Waals surface area contributed by atoms with Crippen LogP contribution in [-0.2, 0) is 11.3 Å². The zero-order valence-corrected chi connectivity index (χ0v) is 11.3. The van der Waals surface area contributed by atoms with Crippen LogP contribution < -0.4 is 10.6 Å². The molecule has 1 fully saturated rings. The Balaban J connectivity index is 1.70. The molecule has 0 aliphatic heterocycles. The van der Waals surface area contributed by atoms with Gasteiger partial charge in [0.25, 0.3) is 0 Å². The predicted molar refractivity (Wildman–Crippen MR) is 68.3 cm³/mol. The number of anilines is 1. The number of hydrogen-bond donors (Lipinski definition) is 2. The molecule has 0 atom stereocenters. The molecule has 1 saturated carbocycles. The summed E-state index contributed by atoms with van der Waals surface area (Å²) in [6.07, 6.45) is 2.37. The number of methoxy groups -OCH3 is 1. The second kappa shape index (κ2) is 6.15. The first-order valence-electron chi connectivity index (χ1n) is 6.49. The van der Waals surface area contributed by atoms with Gasteiger partial charge in [0.1, 0.15) is 0 Å². The molecule has 0 radical (unpaired) electrons. The normalized spacial score (nSPS) is 23.1. The van der Waals surface area contributed by atoms with Crippen molar-refractivity contribution in [2.75, 3.05) is 19.0 Å². The average molecular weight is 254 g/mol. The van der Waals surface area contributed by atoms with Crippen molar-refractivity contribution in [1.29, 1.82) is 0 Å². The molecule has 2 rings (SSSR count). The van der Waals surface area contributed by atoms with E-state index in [-0.39, 0.29) is 0 Å². The summed E-state index contributed by atoms with van der Waals surface area (Å²) in [6, 6.07) is 0.905. The first kappa shape index (κ1) is 13.3. The third-order valence-corrected chi connectivity index (χ3v) is 3.05. The molecule has 0 unspecified atom stereocenters. The standard InChI is InChI=1S/C12H22N4O2/c1-8(2)6-13-7-11-15-16-12(18-11)14-9-4-10(5-9)17-3/h8-10,13H,4-7H2,1-3H3,(H,14,16). The van der Waals surface area contributed by atoms with Gasteiger partial charge in [-0.05, 0) is 25.3 Å². The molecule has 1 aliphatic carbocycles. The molecule has 18 heavy (non-hydrogen) atoms. The molecule has 0 amide bonds. The molecule has 1 aromatic heterocycles. The van der Waals surface area contributed by atoms with Gasteiger partial charge in [0.15, 0.2) is 0 Å². The number of aromatic nitrogens is 2. The van der Waals surface area contributed by atoms with Crippen molar-refractivity contribution in [3.8, 4) is 0 Å². The fourth-order valence-corrected chi connectivity index (χ4v) is 1.90. The molecule has 1 aromatic rings. The Bertz CT molecular complexity index is 361. The maximum atomic E-state index is 5.50. The van der Waals surface area contributed by atoms with Crippen LogP contribution in [0.15, 0.2) is 4.42 Å². The fourth-order valence-electron chi connectivity index (χ4n) is 1.90. The van der Waals surface area contributed by atoms with Gasteiger partial charge in [0.2, 0.25) is 5.89 Å². The van der Waals surface area contributed by atoms with Crippen LogP contribution >= 0.6 is 0 Å². The summed E-state index contributed by atoms with van der Waals surface area (Å²) in [5.74, 6) is 1.24. The lowest BCUT2D eigenvalue weighted by atomic mass is 9.89. The maximum absolute atomic E-state index is 5.50. The number of hydrogen-bond acceptors (Lipinski definition) is 6. The number of ether oxygens (including phenoxy) is 1. The van der Waals surface area contributed by atoms with Crippen LogP contribution in [0.25, 0.3) is 0 Å². The largest absolute Gasteiger partial charge is 0.407 e. The first-order valence-corrected chi connectivity index (χ1v) is 6.49. The van der Waals surface area contributed by atoms with Crippen LogP contribution in [0.2, 0.25) is 0 Å². The van der Waals surface area contributed by atoms with Crippen molar-refractivity contribution in [1.82, 2.24) is 15.5 Å². The van der Waals surface area contributed by atoms with Crippen molar-refractivity contribution in [3.05, 3.63) is 5.89 Å². The van der Waals surface area contributed by atoms with E-state index in [2.05, 4.69) is 34.7 Å². The smallest absolute Gasteiger partial charge is 0.315 e. The third-order valence-electron chi connectivity index (χ3n) is 3.05. The monoisotopic (exact) mass is 254 g/mol. The minimum Gasteiger partial charge on any atom is -0.407 e.